The van der Waals surface area contributed by atoms with Crippen LogP contribution in [0.2, 0.25) is 0 Å². The van der Waals surface area contributed by atoms with Crippen molar-refractivity contribution in [3.8, 4) is 0 Å². The lowest BCUT2D eigenvalue weighted by Crippen LogP contribution is -2.59. The van der Waals surface area contributed by atoms with Crippen LogP contribution in [0.5, 0.6) is 0 Å². The molecule has 2 fully saturated rings. The Morgan fingerprint density at radius 2 is 1.50 bits per heavy atom. The minimum Gasteiger partial charge on any atom is -0.355 e. The number of hydrogen-bond acceptors (Lipinski definition) is 6. The maximum Gasteiger partial charge on any atom is 0.246 e. The van der Waals surface area contributed by atoms with Gasteiger partial charge in [0.15, 0.2) is 0 Å². The number of nitrogens with two attached hydrogens (primary N) is 1. The number of nitrogens with one attached hydrogen (secondary N) is 4. The summed E-state index contributed by atoms with van der Waals surface area (Å²) in [6, 6.07) is 3.10. The van der Waals surface area contributed by atoms with Gasteiger partial charge >= 0.3 is 0 Å². The molecular weight excluding hydrogens is 611 g/mol. The molecule has 1 heterocycles. The van der Waals surface area contributed by atoms with Crippen molar-refractivity contribution in [2.24, 2.45) is 11.7 Å². The first-order chi connectivity index (χ1) is 23.2. The third kappa shape index (κ3) is 13.1. The molecule has 3 rings (SSSR count). The molecule has 270 valence electrons. The average Bonchev–Trinajstić information content (AvgIpc) is 3.59. The van der Waals surface area contributed by atoms with Crippen LogP contribution in [0, 0.1) is 11.7 Å². The summed E-state index contributed by atoms with van der Waals surface area (Å²) in [6.07, 6.45) is 15.5. The molecule has 2 aliphatic rings. The van der Waals surface area contributed by atoms with Crippen molar-refractivity contribution < 1.29 is 23.6 Å². The first-order valence-electron chi connectivity index (χ1n) is 18.6. The van der Waals surface area contributed by atoms with Gasteiger partial charge in [-0.3, -0.25) is 19.2 Å². The van der Waals surface area contributed by atoms with E-state index in [1.54, 1.807) is 24.0 Å². The van der Waals surface area contributed by atoms with Crippen LogP contribution in [-0.4, -0.2) is 78.9 Å². The van der Waals surface area contributed by atoms with E-state index in [2.05, 4.69) is 21.3 Å². The number of amides is 4. The maximum absolute atomic E-state index is 14.2. The number of likely N-dealkylation sites (N-methyl/N-ethyl adjacent to an activating group) is 1. The highest BCUT2D eigenvalue weighted by atomic mass is 19.1. The molecule has 10 nitrogen and oxygen atoms in total. The summed E-state index contributed by atoms with van der Waals surface area (Å²) >= 11 is 0. The standard InChI is InChI=1S/C37H61FN6O4/c1-3-40-35(46)31(26-28-19-21-30(38)22-20-28)42-36(47)32-18-15-25-44(32)37(48)33(29-16-11-10-12-17-29)43-34(45)27(2)41-24-14-9-7-5-4-6-8-13-23-39/h19-22,27,29,31-33,41H,3-18,23-26,39H2,1-2H3,(H,40,46)(H,42,47)(H,43,45)/t27-,31-,32-,33-/m0/s1. The van der Waals surface area contributed by atoms with Crippen molar-refractivity contribution in [1.82, 2.24) is 26.2 Å². The Morgan fingerprint density at radius 1 is 0.854 bits per heavy atom. The second-order valence-electron chi connectivity index (χ2n) is 13.7. The highest BCUT2D eigenvalue weighted by molar-refractivity contribution is 5.95. The van der Waals surface area contributed by atoms with Crippen LogP contribution in [0.15, 0.2) is 24.3 Å². The van der Waals surface area contributed by atoms with Gasteiger partial charge in [-0.25, -0.2) is 4.39 Å². The molecule has 0 bridgehead atoms. The number of likely N-dealkylation sites (tertiary alicyclic amines) is 1. The maximum atomic E-state index is 14.2. The second kappa shape index (κ2) is 21.8. The van der Waals surface area contributed by atoms with Crippen LogP contribution in [0.4, 0.5) is 4.39 Å². The fourth-order valence-corrected chi connectivity index (χ4v) is 6.98. The zero-order chi connectivity index (χ0) is 34.7. The summed E-state index contributed by atoms with van der Waals surface area (Å²) in [5.41, 5.74) is 6.27. The quantitative estimate of drug-likeness (QED) is 0.124. The van der Waals surface area contributed by atoms with E-state index in [9.17, 15) is 23.6 Å². The first-order valence-corrected chi connectivity index (χ1v) is 18.6. The number of nitrogens with zero attached hydrogens (tertiary/aromatic N) is 1. The summed E-state index contributed by atoms with van der Waals surface area (Å²) in [5, 5.41) is 12.1. The molecular formula is C37H61FN6O4. The van der Waals surface area contributed by atoms with Crippen LogP contribution in [0.3, 0.4) is 0 Å². The Morgan fingerprint density at radius 3 is 2.15 bits per heavy atom. The number of carbonyl (C=O) groups is 4. The van der Waals surface area contributed by atoms with Crippen LogP contribution in [0.1, 0.15) is 116 Å². The van der Waals surface area contributed by atoms with Crippen molar-refractivity contribution in [2.75, 3.05) is 26.2 Å². The number of carbonyl (C=O) groups excluding carboxylic acids is 4. The number of hydrogen-bond donors (Lipinski definition) is 5. The number of benzene rings is 1. The van der Waals surface area contributed by atoms with Gasteiger partial charge < -0.3 is 31.9 Å². The Kier molecular flexibility index (Phi) is 17.9. The fourth-order valence-electron chi connectivity index (χ4n) is 6.98. The molecule has 4 amide bonds. The van der Waals surface area contributed by atoms with E-state index in [-0.39, 0.29) is 35.9 Å². The number of rotatable bonds is 21. The molecule has 1 aliphatic carbocycles. The summed E-state index contributed by atoms with van der Waals surface area (Å²) in [4.78, 5) is 55.8. The molecule has 1 aromatic carbocycles. The molecule has 0 unspecified atom stereocenters. The molecule has 48 heavy (non-hydrogen) atoms. The van der Waals surface area contributed by atoms with E-state index in [0.717, 1.165) is 64.5 Å². The van der Waals surface area contributed by atoms with Gasteiger partial charge in [-0.1, -0.05) is 69.9 Å². The summed E-state index contributed by atoms with van der Waals surface area (Å²) < 4.78 is 13.5. The highest BCUT2D eigenvalue weighted by Crippen LogP contribution is 2.29. The lowest BCUT2D eigenvalue weighted by Gasteiger charge is -2.35. The van der Waals surface area contributed by atoms with E-state index < -0.39 is 30.1 Å². The molecule has 4 atom stereocenters. The van der Waals surface area contributed by atoms with Gasteiger partial charge in [-0.15, -0.1) is 0 Å². The Bertz CT molecular complexity index is 1130. The largest absolute Gasteiger partial charge is 0.355 e. The SMILES string of the molecule is CCNC(=O)[C@H](Cc1ccc(F)cc1)NC(=O)[C@@H]1CCCN1C(=O)[C@@H](NC(=O)[C@H](C)NCCCCCCCCCCN)C1CCCCC1. The van der Waals surface area contributed by atoms with Gasteiger partial charge in [-0.05, 0) is 89.1 Å². The van der Waals surface area contributed by atoms with Crippen molar-refractivity contribution in [1.29, 1.82) is 0 Å². The van der Waals surface area contributed by atoms with Gasteiger partial charge in [0, 0.05) is 19.5 Å². The third-order valence-electron chi connectivity index (χ3n) is 9.84. The van der Waals surface area contributed by atoms with Crippen LogP contribution in [0.25, 0.3) is 0 Å². The molecule has 1 aromatic rings. The molecule has 0 spiro atoms. The van der Waals surface area contributed by atoms with E-state index in [0.29, 0.717) is 31.5 Å². The third-order valence-corrected chi connectivity index (χ3v) is 9.84. The lowest BCUT2D eigenvalue weighted by atomic mass is 9.83. The van der Waals surface area contributed by atoms with E-state index in [1.807, 2.05) is 6.92 Å². The van der Waals surface area contributed by atoms with Crippen molar-refractivity contribution in [2.45, 2.75) is 141 Å². The van der Waals surface area contributed by atoms with Crippen molar-refractivity contribution in [3.63, 3.8) is 0 Å². The smallest absolute Gasteiger partial charge is 0.246 e. The van der Waals surface area contributed by atoms with E-state index in [4.69, 9.17) is 5.73 Å². The predicted octanol–water partition coefficient (Wildman–Crippen LogP) is 4.10. The Balaban J connectivity index is 1.59. The fraction of sp³-hybridized carbons (Fsp3) is 0.730. The molecule has 6 N–H and O–H groups in total. The monoisotopic (exact) mass is 672 g/mol. The van der Waals surface area contributed by atoms with Crippen LogP contribution >= 0.6 is 0 Å². The van der Waals surface area contributed by atoms with Crippen LogP contribution in [-0.2, 0) is 25.6 Å². The van der Waals surface area contributed by atoms with Crippen molar-refractivity contribution >= 4 is 23.6 Å². The van der Waals surface area contributed by atoms with E-state index >= 15 is 0 Å². The Labute approximate surface area is 287 Å². The van der Waals surface area contributed by atoms with Gasteiger partial charge in [0.25, 0.3) is 0 Å². The molecule has 0 radical (unpaired) electrons. The molecule has 1 aliphatic heterocycles. The topological polar surface area (TPSA) is 146 Å². The van der Waals surface area contributed by atoms with Crippen LogP contribution < -0.4 is 27.0 Å². The zero-order valence-electron chi connectivity index (χ0n) is 29.4. The Hall–Kier alpha value is -3.05. The summed E-state index contributed by atoms with van der Waals surface area (Å²) in [5.74, 6) is -1.51. The summed E-state index contributed by atoms with van der Waals surface area (Å²) in [7, 11) is 0. The van der Waals surface area contributed by atoms with E-state index in [1.165, 1.54) is 44.2 Å². The molecule has 1 saturated carbocycles. The lowest BCUT2D eigenvalue weighted by molar-refractivity contribution is -0.143. The minimum atomic E-state index is -0.873. The number of halogens is 1. The van der Waals surface area contributed by atoms with Gasteiger partial charge in [-0.2, -0.15) is 0 Å². The second-order valence-corrected chi connectivity index (χ2v) is 13.7. The average molecular weight is 673 g/mol. The predicted molar refractivity (Wildman–Crippen MR) is 187 cm³/mol. The van der Waals surface area contributed by atoms with Crippen molar-refractivity contribution in [3.05, 3.63) is 35.6 Å². The first kappa shape index (κ1) is 39.4. The zero-order valence-corrected chi connectivity index (χ0v) is 29.4. The normalized spacial score (nSPS) is 18.6. The van der Waals surface area contributed by atoms with Gasteiger partial charge in [0.2, 0.25) is 23.6 Å². The molecule has 0 aromatic heterocycles. The van der Waals surface area contributed by atoms with Gasteiger partial charge in [0.05, 0.1) is 6.04 Å². The minimum absolute atomic E-state index is 0.0121. The molecule has 1 saturated heterocycles. The summed E-state index contributed by atoms with van der Waals surface area (Å²) in [6.45, 7) is 5.96. The number of unbranched alkanes of at least 4 members (excludes halogenated alkanes) is 7. The highest BCUT2D eigenvalue weighted by Gasteiger charge is 2.41. The van der Waals surface area contributed by atoms with Gasteiger partial charge in [0.1, 0.15) is 23.9 Å². The molecule has 11 heteroatoms.